The third-order valence-corrected chi connectivity index (χ3v) is 5.04. The van der Waals surface area contributed by atoms with Gasteiger partial charge in [-0.3, -0.25) is 9.59 Å². The first kappa shape index (κ1) is 14.8. The summed E-state index contributed by atoms with van der Waals surface area (Å²) < 4.78 is 1.58. The van der Waals surface area contributed by atoms with Crippen molar-refractivity contribution in [2.75, 3.05) is 0 Å². The van der Waals surface area contributed by atoms with Gasteiger partial charge in [-0.15, -0.1) is 11.3 Å². The first-order valence-corrected chi connectivity index (χ1v) is 7.70. The van der Waals surface area contributed by atoms with Crippen molar-refractivity contribution in [1.29, 1.82) is 0 Å². The lowest BCUT2D eigenvalue weighted by Crippen LogP contribution is -2.20. The van der Waals surface area contributed by atoms with Gasteiger partial charge in [-0.1, -0.05) is 30.8 Å². The second-order valence-corrected chi connectivity index (χ2v) is 6.62. The summed E-state index contributed by atoms with van der Waals surface area (Å²) in [5, 5.41) is 16.8. The van der Waals surface area contributed by atoms with E-state index in [4.69, 9.17) is 10.2 Å². The normalized spacial score (nSPS) is 12.4. The fourth-order valence-electron chi connectivity index (χ4n) is 1.78. The van der Waals surface area contributed by atoms with Crippen molar-refractivity contribution in [2.24, 2.45) is 0 Å². The molecule has 0 saturated carbocycles. The molecule has 7 heteroatoms. The number of aliphatic carboxylic acids is 2. The van der Waals surface area contributed by atoms with E-state index in [-0.39, 0.29) is 0 Å². The maximum atomic E-state index is 11.1. The van der Waals surface area contributed by atoms with Gasteiger partial charge in [-0.2, -0.15) is 0 Å². The van der Waals surface area contributed by atoms with Gasteiger partial charge in [0.05, 0.1) is 16.6 Å². The molecule has 0 aliphatic carbocycles. The molecule has 0 amide bonds. The van der Waals surface area contributed by atoms with E-state index in [1.807, 2.05) is 25.1 Å². The van der Waals surface area contributed by atoms with Crippen LogP contribution in [0.4, 0.5) is 0 Å². The Hall–Kier alpha value is -1.60. The van der Waals surface area contributed by atoms with Crippen LogP contribution in [0.3, 0.4) is 0 Å². The molecule has 1 aromatic heterocycles. The fraction of sp³-hybridized carbons (Fsp3) is 0.308. The van der Waals surface area contributed by atoms with E-state index in [0.29, 0.717) is 4.34 Å². The maximum absolute atomic E-state index is 11.1. The molecular weight excluding hydrogens is 298 g/mol. The van der Waals surface area contributed by atoms with Crippen LogP contribution >= 0.6 is 23.1 Å². The summed E-state index contributed by atoms with van der Waals surface area (Å²) in [4.78, 5) is 26.2. The van der Waals surface area contributed by atoms with Crippen molar-refractivity contribution in [1.82, 2.24) is 4.98 Å². The molecule has 1 aromatic carbocycles. The zero-order valence-corrected chi connectivity index (χ0v) is 12.3. The second kappa shape index (κ2) is 6.23. The Bertz CT molecular complexity index is 653. The van der Waals surface area contributed by atoms with Crippen molar-refractivity contribution in [2.45, 2.75) is 29.4 Å². The number of aromatic nitrogens is 1. The first-order valence-electron chi connectivity index (χ1n) is 6.01. The lowest BCUT2D eigenvalue weighted by molar-refractivity contribution is -0.142. The molecule has 0 radical (unpaired) electrons. The van der Waals surface area contributed by atoms with Crippen molar-refractivity contribution < 1.29 is 19.8 Å². The van der Waals surface area contributed by atoms with E-state index in [1.165, 1.54) is 11.3 Å². The molecule has 1 atom stereocenters. The Kier molecular flexibility index (Phi) is 4.61. The molecule has 0 bridgehead atoms. The second-order valence-electron chi connectivity index (χ2n) is 4.14. The van der Waals surface area contributed by atoms with Crippen LogP contribution in [-0.4, -0.2) is 32.4 Å². The number of rotatable bonds is 6. The van der Waals surface area contributed by atoms with Crippen LogP contribution in [0.25, 0.3) is 10.2 Å². The standard InChI is InChI=1S/C13H13NO4S2/c1-2-7-4-3-5-8-11(7)14-13(19-8)20-9(12(17)18)6-10(15)16/h3-5,9H,2,6H2,1H3,(H,15,16)(H,17,18). The highest BCUT2D eigenvalue weighted by Crippen LogP contribution is 2.34. The molecule has 0 aliphatic rings. The molecule has 0 aliphatic heterocycles. The van der Waals surface area contributed by atoms with Crippen molar-refractivity contribution in [3.63, 3.8) is 0 Å². The lowest BCUT2D eigenvalue weighted by atomic mass is 10.1. The van der Waals surface area contributed by atoms with Crippen LogP contribution in [0.1, 0.15) is 18.9 Å². The molecule has 106 valence electrons. The van der Waals surface area contributed by atoms with Gasteiger partial charge >= 0.3 is 11.9 Å². The molecule has 5 nitrogen and oxygen atoms in total. The van der Waals surface area contributed by atoms with Crippen LogP contribution in [-0.2, 0) is 16.0 Å². The zero-order chi connectivity index (χ0) is 14.7. The molecule has 2 N–H and O–H groups in total. The summed E-state index contributed by atoms with van der Waals surface area (Å²) in [7, 11) is 0. The Morgan fingerprint density at radius 3 is 2.75 bits per heavy atom. The maximum Gasteiger partial charge on any atom is 0.317 e. The molecule has 0 fully saturated rings. The predicted octanol–water partition coefficient (Wildman–Crippen LogP) is 2.88. The third-order valence-electron chi connectivity index (χ3n) is 2.74. The van der Waals surface area contributed by atoms with E-state index in [9.17, 15) is 9.59 Å². The Morgan fingerprint density at radius 1 is 1.40 bits per heavy atom. The summed E-state index contributed by atoms with van der Waals surface area (Å²) in [6.45, 7) is 2.03. The highest BCUT2D eigenvalue weighted by Gasteiger charge is 2.24. The van der Waals surface area contributed by atoms with Gasteiger partial charge in [0.25, 0.3) is 0 Å². The minimum atomic E-state index is -1.13. The number of carbonyl (C=O) groups is 2. The van der Waals surface area contributed by atoms with Gasteiger partial charge < -0.3 is 10.2 Å². The van der Waals surface area contributed by atoms with Crippen molar-refractivity contribution >= 4 is 45.3 Å². The Balaban J connectivity index is 2.28. The number of nitrogens with zero attached hydrogens (tertiary/aromatic N) is 1. The van der Waals surface area contributed by atoms with Crippen LogP contribution in [0.15, 0.2) is 22.5 Å². The van der Waals surface area contributed by atoms with Gasteiger partial charge in [0.15, 0.2) is 4.34 Å². The Morgan fingerprint density at radius 2 is 2.15 bits per heavy atom. The quantitative estimate of drug-likeness (QED) is 0.798. The number of hydrogen-bond acceptors (Lipinski definition) is 5. The number of aryl methyl sites for hydroxylation is 1. The first-order chi connectivity index (χ1) is 9.51. The van der Waals surface area contributed by atoms with E-state index < -0.39 is 23.6 Å². The number of fused-ring (bicyclic) bond motifs is 1. The largest absolute Gasteiger partial charge is 0.481 e. The molecular formula is C13H13NO4S2. The summed E-state index contributed by atoms with van der Waals surface area (Å²) >= 11 is 2.39. The number of carboxylic acids is 2. The molecule has 1 unspecified atom stereocenters. The van der Waals surface area contributed by atoms with Gasteiger partial charge in [-0.25, -0.2) is 4.98 Å². The van der Waals surface area contributed by atoms with Gasteiger partial charge in [0.2, 0.25) is 0 Å². The van der Waals surface area contributed by atoms with Crippen molar-refractivity contribution in [3.8, 4) is 0 Å². The summed E-state index contributed by atoms with van der Waals surface area (Å²) in [5.41, 5.74) is 1.98. The highest BCUT2D eigenvalue weighted by molar-refractivity contribution is 8.02. The zero-order valence-electron chi connectivity index (χ0n) is 10.7. The predicted molar refractivity (Wildman–Crippen MR) is 78.5 cm³/mol. The van der Waals surface area contributed by atoms with Gasteiger partial charge in [0, 0.05) is 0 Å². The average molecular weight is 311 g/mol. The van der Waals surface area contributed by atoms with E-state index >= 15 is 0 Å². The molecule has 2 rings (SSSR count). The molecule has 1 heterocycles. The highest BCUT2D eigenvalue weighted by atomic mass is 32.2. The van der Waals surface area contributed by atoms with Crippen LogP contribution < -0.4 is 0 Å². The van der Waals surface area contributed by atoms with Crippen LogP contribution in [0, 0.1) is 0 Å². The van der Waals surface area contributed by atoms with Crippen LogP contribution in [0.2, 0.25) is 0 Å². The molecule has 2 aromatic rings. The van der Waals surface area contributed by atoms with Crippen molar-refractivity contribution in [3.05, 3.63) is 23.8 Å². The minimum Gasteiger partial charge on any atom is -0.481 e. The third kappa shape index (κ3) is 3.29. The van der Waals surface area contributed by atoms with E-state index in [0.717, 1.165) is 34.0 Å². The topological polar surface area (TPSA) is 87.5 Å². The van der Waals surface area contributed by atoms with E-state index in [2.05, 4.69) is 4.98 Å². The number of hydrogen-bond donors (Lipinski definition) is 2. The van der Waals surface area contributed by atoms with Gasteiger partial charge in [-0.05, 0) is 18.1 Å². The van der Waals surface area contributed by atoms with Gasteiger partial charge in [0.1, 0.15) is 5.25 Å². The minimum absolute atomic E-state index is 0.420. The number of benzene rings is 1. The SMILES string of the molecule is CCc1cccc2sc(SC(CC(=O)O)C(=O)O)nc12. The number of para-hydroxylation sites is 1. The lowest BCUT2D eigenvalue weighted by Gasteiger charge is -2.06. The average Bonchev–Trinajstić information content (AvgIpc) is 2.79. The number of carboxylic acid groups (broad SMARTS) is 2. The fourth-order valence-corrected chi connectivity index (χ4v) is 4.05. The van der Waals surface area contributed by atoms with E-state index in [1.54, 1.807) is 0 Å². The summed E-state index contributed by atoms with van der Waals surface area (Å²) in [5.74, 6) is -2.26. The monoisotopic (exact) mass is 311 g/mol. The van der Waals surface area contributed by atoms with Crippen LogP contribution in [0.5, 0.6) is 0 Å². The summed E-state index contributed by atoms with van der Waals surface area (Å²) in [6, 6.07) is 5.87. The Labute approximate surface area is 123 Å². The smallest absolute Gasteiger partial charge is 0.317 e. The molecule has 20 heavy (non-hydrogen) atoms. The number of thioether (sulfide) groups is 1. The number of thiazole rings is 1. The molecule has 0 spiro atoms. The molecule has 0 saturated heterocycles. The summed E-state index contributed by atoms with van der Waals surface area (Å²) in [6.07, 6.45) is 0.430.